The summed E-state index contributed by atoms with van der Waals surface area (Å²) in [5.41, 5.74) is 4.84. The SMILES string of the molecule is N=C/C(=C\Nc1cccnc1)c1cccc2c1NCCN2. The Kier molecular flexibility index (Phi) is 3.82. The van der Waals surface area contributed by atoms with Gasteiger partial charge in [-0.1, -0.05) is 12.1 Å². The number of hydrogen-bond donors (Lipinski definition) is 4. The number of allylic oxidation sites excluding steroid dienone is 1. The fourth-order valence-electron chi connectivity index (χ4n) is 2.32. The molecule has 0 saturated heterocycles. The highest BCUT2D eigenvalue weighted by molar-refractivity contribution is 6.12. The minimum atomic E-state index is 0.812. The van der Waals surface area contributed by atoms with Gasteiger partial charge in [0.2, 0.25) is 0 Å². The Bertz CT molecular complexity index is 664. The van der Waals surface area contributed by atoms with Crippen LogP contribution in [-0.4, -0.2) is 24.3 Å². The molecule has 106 valence electrons. The first-order valence-corrected chi connectivity index (χ1v) is 6.87. The van der Waals surface area contributed by atoms with Gasteiger partial charge in [-0.3, -0.25) is 4.98 Å². The zero-order valence-electron chi connectivity index (χ0n) is 11.6. The lowest BCUT2D eigenvalue weighted by molar-refractivity contribution is 1.04. The molecule has 0 spiro atoms. The van der Waals surface area contributed by atoms with Crippen molar-refractivity contribution < 1.29 is 0 Å². The van der Waals surface area contributed by atoms with Crippen molar-refractivity contribution in [2.24, 2.45) is 0 Å². The zero-order chi connectivity index (χ0) is 14.5. The summed E-state index contributed by atoms with van der Waals surface area (Å²) in [4.78, 5) is 4.06. The van der Waals surface area contributed by atoms with Crippen LogP contribution in [0.5, 0.6) is 0 Å². The third-order valence-corrected chi connectivity index (χ3v) is 3.33. The minimum absolute atomic E-state index is 0.812. The van der Waals surface area contributed by atoms with E-state index >= 15 is 0 Å². The summed E-state index contributed by atoms with van der Waals surface area (Å²) in [6.45, 7) is 1.79. The molecule has 0 bridgehead atoms. The highest BCUT2D eigenvalue weighted by atomic mass is 15.0. The number of hydrogen-bond acceptors (Lipinski definition) is 5. The molecule has 0 amide bonds. The molecule has 0 unspecified atom stereocenters. The summed E-state index contributed by atoms with van der Waals surface area (Å²) in [5.74, 6) is 0. The molecule has 4 N–H and O–H groups in total. The van der Waals surface area contributed by atoms with Gasteiger partial charge in [0, 0.05) is 42.8 Å². The van der Waals surface area contributed by atoms with Gasteiger partial charge in [0.15, 0.2) is 0 Å². The molecule has 2 aromatic rings. The van der Waals surface area contributed by atoms with Crippen LogP contribution in [0.25, 0.3) is 5.57 Å². The van der Waals surface area contributed by atoms with E-state index in [1.165, 1.54) is 6.21 Å². The van der Waals surface area contributed by atoms with Gasteiger partial charge in [-0.15, -0.1) is 0 Å². The second-order valence-corrected chi connectivity index (χ2v) is 4.71. The van der Waals surface area contributed by atoms with Crippen LogP contribution in [0.4, 0.5) is 17.1 Å². The van der Waals surface area contributed by atoms with Crippen LogP contribution >= 0.6 is 0 Å². The predicted octanol–water partition coefficient (Wildman–Crippen LogP) is 3.02. The molecule has 0 saturated carbocycles. The Morgan fingerprint density at radius 3 is 2.90 bits per heavy atom. The van der Waals surface area contributed by atoms with Crippen molar-refractivity contribution in [2.45, 2.75) is 0 Å². The van der Waals surface area contributed by atoms with E-state index in [0.717, 1.165) is 41.3 Å². The molecule has 2 heterocycles. The number of rotatable bonds is 4. The maximum absolute atomic E-state index is 7.68. The average Bonchev–Trinajstić information content (AvgIpc) is 2.56. The summed E-state index contributed by atoms with van der Waals surface area (Å²) in [6, 6.07) is 9.86. The summed E-state index contributed by atoms with van der Waals surface area (Å²) in [5, 5.41) is 17.6. The first kappa shape index (κ1) is 13.2. The number of nitrogens with zero attached hydrogens (tertiary/aromatic N) is 1. The second kappa shape index (κ2) is 6.09. The average molecular weight is 279 g/mol. The predicted molar refractivity (Wildman–Crippen MR) is 88.0 cm³/mol. The standard InChI is InChI=1S/C16H17N5/c17-9-12(10-21-13-3-2-6-18-11-13)14-4-1-5-15-16(14)20-8-7-19-15/h1-6,9-11,17,19-21H,7-8H2/b12-10+,17-9?. The molecule has 1 aromatic heterocycles. The van der Waals surface area contributed by atoms with Crippen molar-refractivity contribution in [1.29, 1.82) is 5.41 Å². The van der Waals surface area contributed by atoms with E-state index < -0.39 is 0 Å². The first-order valence-electron chi connectivity index (χ1n) is 6.87. The molecule has 0 fully saturated rings. The van der Waals surface area contributed by atoms with Crippen LogP contribution in [-0.2, 0) is 0 Å². The number of fused-ring (bicyclic) bond motifs is 1. The van der Waals surface area contributed by atoms with Gasteiger partial charge in [0.1, 0.15) is 0 Å². The summed E-state index contributed by atoms with van der Waals surface area (Å²) in [6.07, 6.45) is 6.67. The summed E-state index contributed by atoms with van der Waals surface area (Å²) in [7, 11) is 0. The molecular weight excluding hydrogens is 262 g/mol. The maximum atomic E-state index is 7.68. The number of nitrogens with one attached hydrogen (secondary N) is 4. The van der Waals surface area contributed by atoms with Gasteiger partial charge in [-0.2, -0.15) is 0 Å². The Morgan fingerprint density at radius 2 is 2.10 bits per heavy atom. The maximum Gasteiger partial charge on any atom is 0.0657 e. The molecule has 1 aliphatic heterocycles. The molecule has 21 heavy (non-hydrogen) atoms. The number of pyridine rings is 1. The fraction of sp³-hybridized carbons (Fsp3) is 0.125. The van der Waals surface area contributed by atoms with E-state index in [0.29, 0.717) is 0 Å². The van der Waals surface area contributed by atoms with Crippen molar-refractivity contribution in [3.63, 3.8) is 0 Å². The molecule has 0 atom stereocenters. The largest absolute Gasteiger partial charge is 0.382 e. The number of benzene rings is 1. The molecule has 1 aromatic carbocycles. The van der Waals surface area contributed by atoms with Crippen molar-refractivity contribution in [1.82, 2.24) is 4.98 Å². The molecule has 5 heteroatoms. The van der Waals surface area contributed by atoms with E-state index in [-0.39, 0.29) is 0 Å². The van der Waals surface area contributed by atoms with Gasteiger partial charge in [0.05, 0.1) is 23.3 Å². The minimum Gasteiger partial charge on any atom is -0.382 e. The molecule has 0 radical (unpaired) electrons. The molecule has 3 rings (SSSR count). The van der Waals surface area contributed by atoms with Crippen LogP contribution in [0, 0.1) is 5.41 Å². The summed E-state index contributed by atoms with van der Waals surface area (Å²) < 4.78 is 0. The van der Waals surface area contributed by atoms with Crippen LogP contribution in [0.2, 0.25) is 0 Å². The lowest BCUT2D eigenvalue weighted by Gasteiger charge is -2.23. The molecular formula is C16H17N5. The topological polar surface area (TPSA) is 72.8 Å². The van der Waals surface area contributed by atoms with Gasteiger partial charge < -0.3 is 21.4 Å². The highest BCUT2D eigenvalue weighted by Crippen LogP contribution is 2.32. The van der Waals surface area contributed by atoms with E-state index in [9.17, 15) is 0 Å². The first-order chi connectivity index (χ1) is 10.4. The highest BCUT2D eigenvalue weighted by Gasteiger charge is 2.13. The van der Waals surface area contributed by atoms with Crippen LogP contribution < -0.4 is 16.0 Å². The second-order valence-electron chi connectivity index (χ2n) is 4.71. The Hall–Kier alpha value is -2.82. The number of aromatic nitrogens is 1. The van der Waals surface area contributed by atoms with Crippen LogP contribution in [0.15, 0.2) is 48.9 Å². The normalized spacial score (nSPS) is 13.6. The Labute approximate surface area is 123 Å². The lowest BCUT2D eigenvalue weighted by Crippen LogP contribution is -2.21. The number of anilines is 3. The van der Waals surface area contributed by atoms with Gasteiger partial charge in [-0.05, 0) is 18.2 Å². The lowest BCUT2D eigenvalue weighted by atomic mass is 10.0. The third-order valence-electron chi connectivity index (χ3n) is 3.33. The smallest absolute Gasteiger partial charge is 0.0657 e. The Morgan fingerprint density at radius 1 is 1.19 bits per heavy atom. The van der Waals surface area contributed by atoms with Crippen molar-refractivity contribution in [3.8, 4) is 0 Å². The van der Waals surface area contributed by atoms with E-state index in [4.69, 9.17) is 5.41 Å². The van der Waals surface area contributed by atoms with Gasteiger partial charge >= 0.3 is 0 Å². The van der Waals surface area contributed by atoms with E-state index in [1.54, 1.807) is 12.4 Å². The van der Waals surface area contributed by atoms with E-state index in [1.807, 2.05) is 36.5 Å². The van der Waals surface area contributed by atoms with Gasteiger partial charge in [0.25, 0.3) is 0 Å². The third kappa shape index (κ3) is 2.86. The molecule has 0 aliphatic carbocycles. The summed E-state index contributed by atoms with van der Waals surface area (Å²) >= 11 is 0. The number of para-hydroxylation sites is 1. The van der Waals surface area contributed by atoms with Crippen LogP contribution in [0.3, 0.4) is 0 Å². The van der Waals surface area contributed by atoms with E-state index in [2.05, 4.69) is 20.9 Å². The molecule has 5 nitrogen and oxygen atoms in total. The Balaban J connectivity index is 1.91. The van der Waals surface area contributed by atoms with Crippen molar-refractivity contribution >= 4 is 28.8 Å². The molecule has 1 aliphatic rings. The zero-order valence-corrected chi connectivity index (χ0v) is 11.6. The fourth-order valence-corrected chi connectivity index (χ4v) is 2.32. The van der Waals surface area contributed by atoms with Crippen molar-refractivity contribution in [2.75, 3.05) is 29.0 Å². The quantitative estimate of drug-likeness (QED) is 0.649. The van der Waals surface area contributed by atoms with Crippen molar-refractivity contribution in [3.05, 3.63) is 54.5 Å². The van der Waals surface area contributed by atoms with Crippen LogP contribution in [0.1, 0.15) is 5.56 Å². The van der Waals surface area contributed by atoms with Gasteiger partial charge in [-0.25, -0.2) is 0 Å². The monoisotopic (exact) mass is 279 g/mol.